The molecule has 0 bridgehead atoms. The standard InChI is InChI=1S/C19H25N7.HI/c1-3-20-19(21-12-14-25(2)16-9-5-4-6-10-16)22-15-18-24-23-17-11-7-8-13-26(17)18;/h4-11,13H,3,12,14-15H2,1-2H3,(H2,20,21,22);1H. The van der Waals surface area contributed by atoms with Crippen molar-refractivity contribution in [3.63, 3.8) is 0 Å². The molecule has 3 aromatic rings. The summed E-state index contributed by atoms with van der Waals surface area (Å²) in [4.78, 5) is 6.84. The van der Waals surface area contributed by atoms with Gasteiger partial charge in [0.1, 0.15) is 6.54 Å². The number of likely N-dealkylation sites (N-methyl/N-ethyl adjacent to an activating group) is 1. The minimum Gasteiger partial charge on any atom is -0.373 e. The summed E-state index contributed by atoms with van der Waals surface area (Å²) in [6.45, 7) is 5.00. The highest BCUT2D eigenvalue weighted by atomic mass is 127. The van der Waals surface area contributed by atoms with Gasteiger partial charge >= 0.3 is 0 Å². The topological polar surface area (TPSA) is 69.8 Å². The number of para-hydroxylation sites is 1. The van der Waals surface area contributed by atoms with Gasteiger partial charge in [0.2, 0.25) is 0 Å². The summed E-state index contributed by atoms with van der Waals surface area (Å²) in [5, 5.41) is 15.0. The van der Waals surface area contributed by atoms with Crippen molar-refractivity contribution in [2.45, 2.75) is 13.5 Å². The van der Waals surface area contributed by atoms with E-state index in [-0.39, 0.29) is 24.0 Å². The molecule has 0 fully saturated rings. The number of hydrogen-bond donors (Lipinski definition) is 2. The van der Waals surface area contributed by atoms with Crippen molar-refractivity contribution in [2.24, 2.45) is 4.99 Å². The second-order valence-corrected chi connectivity index (χ2v) is 5.92. The largest absolute Gasteiger partial charge is 0.373 e. The molecule has 27 heavy (non-hydrogen) atoms. The van der Waals surface area contributed by atoms with Gasteiger partial charge in [-0.25, -0.2) is 4.99 Å². The summed E-state index contributed by atoms with van der Waals surface area (Å²) in [5.74, 6) is 1.60. The first-order valence-corrected chi connectivity index (χ1v) is 8.85. The van der Waals surface area contributed by atoms with E-state index in [4.69, 9.17) is 0 Å². The molecule has 3 rings (SSSR count). The van der Waals surface area contributed by atoms with Crippen LogP contribution in [0.25, 0.3) is 5.65 Å². The maximum atomic E-state index is 4.63. The number of fused-ring (bicyclic) bond motifs is 1. The highest BCUT2D eigenvalue weighted by Crippen LogP contribution is 2.09. The monoisotopic (exact) mass is 479 g/mol. The van der Waals surface area contributed by atoms with E-state index in [0.717, 1.165) is 37.1 Å². The Morgan fingerprint density at radius 2 is 1.85 bits per heavy atom. The molecule has 0 spiro atoms. The van der Waals surface area contributed by atoms with Gasteiger partial charge < -0.3 is 15.5 Å². The predicted molar refractivity (Wildman–Crippen MR) is 121 cm³/mol. The molecule has 2 heterocycles. The van der Waals surface area contributed by atoms with Gasteiger partial charge in [-0.05, 0) is 31.2 Å². The fourth-order valence-corrected chi connectivity index (χ4v) is 2.64. The summed E-state index contributed by atoms with van der Waals surface area (Å²) in [6.07, 6.45) is 1.95. The number of pyridine rings is 1. The summed E-state index contributed by atoms with van der Waals surface area (Å²) < 4.78 is 1.95. The number of halogens is 1. The first kappa shape index (κ1) is 20.9. The van der Waals surface area contributed by atoms with E-state index in [9.17, 15) is 0 Å². The van der Waals surface area contributed by atoms with Gasteiger partial charge in [0, 0.05) is 38.6 Å². The number of guanidine groups is 1. The Kier molecular flexibility index (Phi) is 8.31. The maximum absolute atomic E-state index is 4.63. The zero-order valence-electron chi connectivity index (χ0n) is 15.7. The Bertz CT molecular complexity index is 847. The van der Waals surface area contributed by atoms with Crippen molar-refractivity contribution < 1.29 is 0 Å². The van der Waals surface area contributed by atoms with Crippen molar-refractivity contribution in [1.29, 1.82) is 0 Å². The van der Waals surface area contributed by atoms with E-state index >= 15 is 0 Å². The Hall–Kier alpha value is -2.36. The van der Waals surface area contributed by atoms with Crippen LogP contribution >= 0.6 is 24.0 Å². The number of nitrogens with zero attached hydrogens (tertiary/aromatic N) is 5. The van der Waals surface area contributed by atoms with Crippen LogP contribution in [0.4, 0.5) is 5.69 Å². The lowest BCUT2D eigenvalue weighted by molar-refractivity contribution is 0.773. The second kappa shape index (κ2) is 10.7. The van der Waals surface area contributed by atoms with Crippen molar-refractivity contribution >= 4 is 41.3 Å². The maximum Gasteiger partial charge on any atom is 0.191 e. The van der Waals surface area contributed by atoms with Crippen molar-refractivity contribution in [2.75, 3.05) is 31.6 Å². The van der Waals surface area contributed by atoms with Crippen molar-refractivity contribution in [3.05, 3.63) is 60.6 Å². The quantitative estimate of drug-likeness (QED) is 0.310. The number of nitrogens with one attached hydrogen (secondary N) is 2. The van der Waals surface area contributed by atoms with Crippen molar-refractivity contribution in [1.82, 2.24) is 25.2 Å². The van der Waals surface area contributed by atoms with Crippen LogP contribution in [0.2, 0.25) is 0 Å². The van der Waals surface area contributed by atoms with E-state index in [1.54, 1.807) is 0 Å². The molecule has 0 aliphatic rings. The molecule has 8 heteroatoms. The molecule has 0 aliphatic heterocycles. The van der Waals surface area contributed by atoms with Crippen LogP contribution in [0.3, 0.4) is 0 Å². The highest BCUT2D eigenvalue weighted by molar-refractivity contribution is 14.0. The summed E-state index contributed by atoms with van der Waals surface area (Å²) in [5.41, 5.74) is 2.03. The molecule has 0 aliphatic carbocycles. The minimum absolute atomic E-state index is 0. The molecule has 2 aromatic heterocycles. The molecule has 0 saturated heterocycles. The first-order valence-electron chi connectivity index (χ1n) is 8.85. The SMILES string of the molecule is CCNC(=NCc1nnc2ccccn12)NCCN(C)c1ccccc1.I. The summed E-state index contributed by atoms with van der Waals surface area (Å²) in [6, 6.07) is 16.2. The molecular weight excluding hydrogens is 453 g/mol. The van der Waals surface area contributed by atoms with E-state index in [2.05, 4.69) is 56.8 Å². The average Bonchev–Trinajstić information content (AvgIpc) is 3.10. The molecule has 0 amide bonds. The smallest absolute Gasteiger partial charge is 0.191 e. The molecule has 0 saturated carbocycles. The Labute approximate surface area is 176 Å². The summed E-state index contributed by atoms with van der Waals surface area (Å²) >= 11 is 0. The molecule has 1 aromatic carbocycles. The van der Waals surface area contributed by atoms with E-state index < -0.39 is 0 Å². The van der Waals surface area contributed by atoms with Gasteiger partial charge in [-0.3, -0.25) is 4.40 Å². The third-order valence-electron chi connectivity index (χ3n) is 4.04. The lowest BCUT2D eigenvalue weighted by atomic mass is 10.3. The van der Waals surface area contributed by atoms with Crippen molar-refractivity contribution in [3.8, 4) is 0 Å². The zero-order valence-corrected chi connectivity index (χ0v) is 18.0. The van der Waals surface area contributed by atoms with E-state index in [1.165, 1.54) is 5.69 Å². The van der Waals surface area contributed by atoms with Crippen LogP contribution in [0.5, 0.6) is 0 Å². The van der Waals surface area contributed by atoms with Gasteiger partial charge in [-0.1, -0.05) is 24.3 Å². The second-order valence-electron chi connectivity index (χ2n) is 5.92. The number of aliphatic imine (C=N–C) groups is 1. The molecule has 0 atom stereocenters. The van der Waals surface area contributed by atoms with Gasteiger partial charge in [0.15, 0.2) is 17.4 Å². The molecule has 0 radical (unpaired) electrons. The number of anilines is 1. The lowest BCUT2D eigenvalue weighted by Crippen LogP contribution is -2.41. The number of rotatable bonds is 7. The minimum atomic E-state index is 0. The molecule has 144 valence electrons. The molecule has 0 unspecified atom stereocenters. The van der Waals surface area contributed by atoms with Crippen LogP contribution in [0.1, 0.15) is 12.7 Å². The number of hydrogen-bond acceptors (Lipinski definition) is 4. The van der Waals surface area contributed by atoms with Crippen LogP contribution in [-0.2, 0) is 6.54 Å². The van der Waals surface area contributed by atoms with Crippen LogP contribution in [-0.4, -0.2) is 47.2 Å². The van der Waals surface area contributed by atoms with Crippen LogP contribution in [0, 0.1) is 0 Å². The normalized spacial score (nSPS) is 11.1. The Morgan fingerprint density at radius 3 is 2.63 bits per heavy atom. The molecule has 7 nitrogen and oxygen atoms in total. The predicted octanol–water partition coefficient (Wildman–Crippen LogP) is 2.54. The van der Waals surface area contributed by atoms with Crippen LogP contribution in [0.15, 0.2) is 59.7 Å². The third-order valence-corrected chi connectivity index (χ3v) is 4.04. The van der Waals surface area contributed by atoms with E-state index in [0.29, 0.717) is 6.54 Å². The Morgan fingerprint density at radius 1 is 1.07 bits per heavy atom. The molecular formula is C19H26IN7. The van der Waals surface area contributed by atoms with Gasteiger partial charge in [0.05, 0.1) is 0 Å². The third kappa shape index (κ3) is 5.81. The fraction of sp³-hybridized carbons (Fsp3) is 0.316. The van der Waals surface area contributed by atoms with Gasteiger partial charge in [0.25, 0.3) is 0 Å². The molecule has 2 N–H and O–H groups in total. The van der Waals surface area contributed by atoms with Crippen LogP contribution < -0.4 is 15.5 Å². The van der Waals surface area contributed by atoms with Gasteiger partial charge in [-0.2, -0.15) is 0 Å². The average molecular weight is 479 g/mol. The number of aromatic nitrogens is 3. The first-order chi connectivity index (χ1) is 12.8. The Balaban J connectivity index is 0.00000261. The zero-order chi connectivity index (χ0) is 18.2. The number of benzene rings is 1. The highest BCUT2D eigenvalue weighted by Gasteiger charge is 2.05. The van der Waals surface area contributed by atoms with E-state index in [1.807, 2.05) is 47.0 Å². The van der Waals surface area contributed by atoms with Gasteiger partial charge in [-0.15, -0.1) is 34.2 Å². The lowest BCUT2D eigenvalue weighted by Gasteiger charge is -2.20. The summed E-state index contributed by atoms with van der Waals surface area (Å²) in [7, 11) is 2.09. The fourth-order valence-electron chi connectivity index (χ4n) is 2.64.